The second kappa shape index (κ2) is 7.18. The Labute approximate surface area is 146 Å². The zero-order valence-corrected chi connectivity index (χ0v) is 14.3. The quantitative estimate of drug-likeness (QED) is 0.882. The third-order valence-corrected chi connectivity index (χ3v) is 4.59. The zero-order chi connectivity index (χ0) is 17.1. The van der Waals surface area contributed by atoms with Crippen molar-refractivity contribution in [1.82, 2.24) is 9.97 Å². The number of benzene rings is 1. The molecular weight excluding hydrogens is 326 g/mol. The van der Waals surface area contributed by atoms with Crippen LogP contribution in [0.4, 0.5) is 5.95 Å². The van der Waals surface area contributed by atoms with E-state index in [9.17, 15) is 9.90 Å². The minimum Gasteiger partial charge on any atom is -0.478 e. The van der Waals surface area contributed by atoms with E-state index in [0.717, 1.165) is 30.8 Å². The Hall–Kier alpha value is -2.14. The van der Waals surface area contributed by atoms with Gasteiger partial charge in [-0.25, -0.2) is 14.8 Å². The third-order valence-electron chi connectivity index (χ3n) is 4.34. The van der Waals surface area contributed by atoms with Crippen molar-refractivity contribution in [3.05, 3.63) is 52.3 Å². The molecule has 0 unspecified atom stereocenters. The normalized spacial score (nSPS) is 17.2. The highest BCUT2D eigenvalue weighted by Crippen LogP contribution is 2.35. The van der Waals surface area contributed by atoms with Crippen LogP contribution >= 0.6 is 11.6 Å². The molecule has 126 valence electrons. The summed E-state index contributed by atoms with van der Waals surface area (Å²) in [4.78, 5) is 22.4. The van der Waals surface area contributed by atoms with Crippen LogP contribution in [0, 0.1) is 0 Å². The molecule has 3 rings (SSSR count). The molecule has 1 saturated heterocycles. The molecule has 24 heavy (non-hydrogen) atoms. The molecule has 0 bridgehead atoms. The number of carboxylic acids is 1. The Morgan fingerprint density at radius 3 is 2.79 bits per heavy atom. The van der Waals surface area contributed by atoms with Crippen molar-refractivity contribution >= 4 is 23.5 Å². The molecule has 0 spiro atoms. The number of anilines is 1. The largest absolute Gasteiger partial charge is 0.478 e. The predicted molar refractivity (Wildman–Crippen MR) is 93.8 cm³/mol. The predicted octanol–water partition coefficient (Wildman–Crippen LogP) is 4.12. The van der Waals surface area contributed by atoms with Crippen LogP contribution in [-0.2, 0) is 6.42 Å². The smallest absolute Gasteiger partial charge is 0.339 e. The lowest BCUT2D eigenvalue weighted by Gasteiger charge is -2.25. The van der Waals surface area contributed by atoms with Crippen molar-refractivity contribution in [2.75, 3.05) is 11.4 Å². The molecule has 1 N–H and O–H groups in total. The van der Waals surface area contributed by atoms with E-state index in [1.807, 2.05) is 31.2 Å². The van der Waals surface area contributed by atoms with Gasteiger partial charge in [0.2, 0.25) is 5.95 Å². The summed E-state index contributed by atoms with van der Waals surface area (Å²) in [6.45, 7) is 2.88. The van der Waals surface area contributed by atoms with Gasteiger partial charge in [-0.05, 0) is 37.0 Å². The van der Waals surface area contributed by atoms with Crippen molar-refractivity contribution in [2.45, 2.75) is 38.6 Å². The monoisotopic (exact) mass is 345 g/mol. The molecule has 0 aliphatic carbocycles. The van der Waals surface area contributed by atoms with Crippen molar-refractivity contribution in [1.29, 1.82) is 0 Å². The van der Waals surface area contributed by atoms with E-state index in [1.54, 1.807) is 0 Å². The number of hydrogen-bond donors (Lipinski definition) is 1. The first-order valence-electron chi connectivity index (χ1n) is 8.21. The van der Waals surface area contributed by atoms with Crippen LogP contribution in [-0.4, -0.2) is 27.6 Å². The first-order chi connectivity index (χ1) is 11.6. The molecule has 1 aliphatic rings. The summed E-state index contributed by atoms with van der Waals surface area (Å²) in [5, 5.41) is 10.0. The summed E-state index contributed by atoms with van der Waals surface area (Å²) in [6, 6.07) is 8.05. The number of aryl methyl sites for hydroxylation is 1. The number of carbonyl (C=O) groups is 1. The van der Waals surface area contributed by atoms with Crippen LogP contribution in [0.2, 0.25) is 5.02 Å². The van der Waals surface area contributed by atoms with E-state index in [4.69, 9.17) is 11.6 Å². The Morgan fingerprint density at radius 2 is 2.12 bits per heavy atom. The number of nitrogens with zero attached hydrogens (tertiary/aromatic N) is 3. The van der Waals surface area contributed by atoms with Crippen LogP contribution in [0.15, 0.2) is 30.5 Å². The molecule has 1 fully saturated rings. The van der Waals surface area contributed by atoms with E-state index in [1.165, 1.54) is 11.8 Å². The van der Waals surface area contributed by atoms with Gasteiger partial charge in [-0.15, -0.1) is 0 Å². The lowest BCUT2D eigenvalue weighted by molar-refractivity contribution is 0.0694. The molecule has 5 nitrogen and oxygen atoms in total. The van der Waals surface area contributed by atoms with Crippen LogP contribution in [0.5, 0.6) is 0 Å². The van der Waals surface area contributed by atoms with Crippen LogP contribution in [0.1, 0.15) is 53.8 Å². The van der Waals surface area contributed by atoms with Gasteiger partial charge in [0.25, 0.3) is 0 Å². The van der Waals surface area contributed by atoms with E-state index in [2.05, 4.69) is 14.9 Å². The highest BCUT2D eigenvalue weighted by Gasteiger charge is 2.28. The molecule has 0 amide bonds. The topological polar surface area (TPSA) is 66.3 Å². The number of carboxylic acid groups (broad SMARTS) is 1. The Morgan fingerprint density at radius 1 is 1.38 bits per heavy atom. The van der Waals surface area contributed by atoms with Gasteiger partial charge in [0, 0.05) is 17.8 Å². The van der Waals surface area contributed by atoms with Gasteiger partial charge >= 0.3 is 5.97 Å². The van der Waals surface area contributed by atoms with Crippen LogP contribution in [0.3, 0.4) is 0 Å². The molecule has 1 aromatic heterocycles. The van der Waals surface area contributed by atoms with Crippen LogP contribution < -0.4 is 4.90 Å². The molecule has 1 aliphatic heterocycles. The number of aromatic carboxylic acids is 1. The maximum atomic E-state index is 11.3. The zero-order valence-electron chi connectivity index (χ0n) is 13.6. The lowest BCUT2D eigenvalue weighted by Crippen LogP contribution is -2.25. The van der Waals surface area contributed by atoms with Gasteiger partial charge in [-0.3, -0.25) is 0 Å². The second-order valence-electron chi connectivity index (χ2n) is 5.99. The Kier molecular flexibility index (Phi) is 5.00. The number of rotatable bonds is 5. The fourth-order valence-electron chi connectivity index (χ4n) is 3.19. The molecule has 1 atom stereocenters. The molecule has 2 heterocycles. The van der Waals surface area contributed by atoms with Crippen LogP contribution in [0.25, 0.3) is 0 Å². The first kappa shape index (κ1) is 16.7. The first-order valence-corrected chi connectivity index (χ1v) is 8.59. The van der Waals surface area contributed by atoms with E-state index in [0.29, 0.717) is 18.1 Å². The lowest BCUT2D eigenvalue weighted by atomic mass is 10.0. The Balaban J connectivity index is 1.93. The summed E-state index contributed by atoms with van der Waals surface area (Å²) < 4.78 is 0. The maximum Gasteiger partial charge on any atom is 0.339 e. The summed E-state index contributed by atoms with van der Waals surface area (Å²) in [5.41, 5.74) is 1.99. The summed E-state index contributed by atoms with van der Waals surface area (Å²) in [6.07, 6.45) is 5.00. The standard InChI is InChI=1S/C18H20ClN3O2/c1-2-4-15-14(17(23)24)11-20-18(21-15)22-10-3-5-16(22)12-6-8-13(19)9-7-12/h6-9,11,16H,2-5,10H2,1H3,(H,23,24)/t16-/m0/s1. The number of aromatic nitrogens is 2. The highest BCUT2D eigenvalue weighted by molar-refractivity contribution is 6.30. The molecule has 0 radical (unpaired) electrons. The minimum atomic E-state index is -0.972. The van der Waals surface area contributed by atoms with Gasteiger partial charge in [0.15, 0.2) is 0 Å². The third kappa shape index (κ3) is 3.36. The number of hydrogen-bond acceptors (Lipinski definition) is 4. The molecule has 6 heteroatoms. The molecular formula is C18H20ClN3O2. The SMILES string of the molecule is CCCc1nc(N2CCC[C@H]2c2ccc(Cl)cc2)ncc1C(=O)O. The van der Waals surface area contributed by atoms with Gasteiger partial charge < -0.3 is 10.0 Å². The maximum absolute atomic E-state index is 11.3. The summed E-state index contributed by atoms with van der Waals surface area (Å²) in [5.74, 6) is -0.360. The Bertz CT molecular complexity index is 734. The average Bonchev–Trinajstić information content (AvgIpc) is 3.05. The van der Waals surface area contributed by atoms with Crippen molar-refractivity contribution in [2.24, 2.45) is 0 Å². The van der Waals surface area contributed by atoms with Crippen molar-refractivity contribution < 1.29 is 9.90 Å². The van der Waals surface area contributed by atoms with Gasteiger partial charge in [-0.1, -0.05) is 37.1 Å². The van der Waals surface area contributed by atoms with Crippen molar-refractivity contribution in [3.63, 3.8) is 0 Å². The molecule has 1 aromatic carbocycles. The van der Waals surface area contributed by atoms with E-state index in [-0.39, 0.29) is 11.6 Å². The van der Waals surface area contributed by atoms with Gasteiger partial charge in [0.05, 0.1) is 17.3 Å². The molecule has 0 saturated carbocycles. The molecule has 2 aromatic rings. The fourth-order valence-corrected chi connectivity index (χ4v) is 3.31. The average molecular weight is 346 g/mol. The highest BCUT2D eigenvalue weighted by atomic mass is 35.5. The summed E-state index contributed by atoms with van der Waals surface area (Å²) in [7, 11) is 0. The minimum absolute atomic E-state index is 0.197. The van der Waals surface area contributed by atoms with Gasteiger partial charge in [0.1, 0.15) is 0 Å². The summed E-state index contributed by atoms with van der Waals surface area (Å²) >= 11 is 5.98. The number of halogens is 1. The second-order valence-corrected chi connectivity index (χ2v) is 6.42. The van der Waals surface area contributed by atoms with Crippen molar-refractivity contribution in [3.8, 4) is 0 Å². The van der Waals surface area contributed by atoms with E-state index < -0.39 is 5.97 Å². The van der Waals surface area contributed by atoms with E-state index >= 15 is 0 Å². The van der Waals surface area contributed by atoms with Gasteiger partial charge in [-0.2, -0.15) is 0 Å². The fraction of sp³-hybridized carbons (Fsp3) is 0.389.